The van der Waals surface area contributed by atoms with Crippen molar-refractivity contribution in [3.05, 3.63) is 64.1 Å². The van der Waals surface area contributed by atoms with E-state index in [0.29, 0.717) is 16.7 Å². The smallest absolute Gasteiger partial charge is 0.408 e. The third-order valence-corrected chi connectivity index (χ3v) is 3.67. The van der Waals surface area contributed by atoms with E-state index in [4.69, 9.17) is 4.42 Å². The third-order valence-electron chi connectivity index (χ3n) is 3.67. The highest BCUT2D eigenvalue weighted by molar-refractivity contribution is 6.05. The molecule has 0 spiro atoms. The quantitative estimate of drug-likeness (QED) is 0.808. The van der Waals surface area contributed by atoms with Crippen molar-refractivity contribution in [1.29, 1.82) is 0 Å². The summed E-state index contributed by atoms with van der Waals surface area (Å²) in [6, 6.07) is 12.6. The molecule has 1 aromatic heterocycles. The number of carbonyl (C=O) groups is 1. The SMILES string of the molecule is CCc1ccc(NC(=O)c2ccc3oc(=O)n(C)c3c2)cc1. The van der Waals surface area contributed by atoms with Gasteiger partial charge in [-0.1, -0.05) is 19.1 Å². The highest BCUT2D eigenvalue weighted by Gasteiger charge is 2.11. The monoisotopic (exact) mass is 296 g/mol. The second-order valence-electron chi connectivity index (χ2n) is 5.11. The van der Waals surface area contributed by atoms with E-state index in [9.17, 15) is 9.59 Å². The van der Waals surface area contributed by atoms with Crippen LogP contribution in [-0.4, -0.2) is 10.5 Å². The Labute approximate surface area is 127 Å². The summed E-state index contributed by atoms with van der Waals surface area (Å²) in [6.07, 6.45) is 0.958. The molecule has 3 aromatic rings. The molecular weight excluding hydrogens is 280 g/mol. The van der Waals surface area contributed by atoms with Gasteiger partial charge in [-0.2, -0.15) is 0 Å². The van der Waals surface area contributed by atoms with E-state index in [2.05, 4.69) is 12.2 Å². The normalized spacial score (nSPS) is 10.8. The van der Waals surface area contributed by atoms with Gasteiger partial charge >= 0.3 is 5.76 Å². The summed E-state index contributed by atoms with van der Waals surface area (Å²) in [5, 5.41) is 2.84. The van der Waals surface area contributed by atoms with E-state index in [-0.39, 0.29) is 5.91 Å². The molecule has 0 atom stereocenters. The summed E-state index contributed by atoms with van der Waals surface area (Å²) >= 11 is 0. The molecule has 112 valence electrons. The Morgan fingerprint density at radius 1 is 1.18 bits per heavy atom. The minimum absolute atomic E-state index is 0.222. The van der Waals surface area contributed by atoms with Crippen molar-refractivity contribution in [2.24, 2.45) is 7.05 Å². The second kappa shape index (κ2) is 5.52. The molecule has 2 aromatic carbocycles. The number of oxazole rings is 1. The molecule has 3 rings (SSSR count). The number of benzene rings is 2. The second-order valence-corrected chi connectivity index (χ2v) is 5.11. The van der Waals surface area contributed by atoms with Crippen LogP contribution in [0.5, 0.6) is 0 Å². The fourth-order valence-electron chi connectivity index (χ4n) is 2.29. The molecule has 0 saturated carbocycles. The van der Waals surface area contributed by atoms with E-state index >= 15 is 0 Å². The van der Waals surface area contributed by atoms with E-state index in [1.165, 1.54) is 10.1 Å². The molecule has 1 heterocycles. The Kier molecular flexibility index (Phi) is 3.55. The number of aryl methyl sites for hydroxylation is 2. The topological polar surface area (TPSA) is 64.2 Å². The summed E-state index contributed by atoms with van der Waals surface area (Å²) in [4.78, 5) is 23.8. The van der Waals surface area contributed by atoms with Gasteiger partial charge in [-0.3, -0.25) is 9.36 Å². The van der Waals surface area contributed by atoms with Gasteiger partial charge in [0.15, 0.2) is 5.58 Å². The third kappa shape index (κ3) is 2.53. The van der Waals surface area contributed by atoms with Crippen LogP contribution in [0, 0.1) is 0 Å². The molecular formula is C17H16N2O3. The van der Waals surface area contributed by atoms with Crippen LogP contribution in [0.15, 0.2) is 51.7 Å². The number of nitrogens with one attached hydrogen (secondary N) is 1. The molecule has 1 amide bonds. The van der Waals surface area contributed by atoms with Crippen LogP contribution in [0.25, 0.3) is 11.1 Å². The minimum Gasteiger partial charge on any atom is -0.408 e. The predicted octanol–water partition coefficient (Wildman–Crippen LogP) is 2.95. The van der Waals surface area contributed by atoms with Crippen molar-refractivity contribution >= 4 is 22.7 Å². The first-order valence-electron chi connectivity index (χ1n) is 7.08. The van der Waals surface area contributed by atoms with E-state index in [1.54, 1.807) is 25.2 Å². The largest absolute Gasteiger partial charge is 0.419 e. The van der Waals surface area contributed by atoms with Gasteiger partial charge in [-0.05, 0) is 42.3 Å². The van der Waals surface area contributed by atoms with E-state index in [1.807, 2.05) is 24.3 Å². The zero-order valence-electron chi connectivity index (χ0n) is 12.4. The van der Waals surface area contributed by atoms with Crippen LogP contribution in [0.4, 0.5) is 5.69 Å². The van der Waals surface area contributed by atoms with Crippen LogP contribution in [0.1, 0.15) is 22.8 Å². The van der Waals surface area contributed by atoms with Crippen LogP contribution in [0.3, 0.4) is 0 Å². The summed E-state index contributed by atoms with van der Waals surface area (Å²) in [5.74, 6) is -0.664. The number of amides is 1. The lowest BCUT2D eigenvalue weighted by molar-refractivity contribution is 0.102. The Balaban J connectivity index is 1.87. The lowest BCUT2D eigenvalue weighted by Crippen LogP contribution is -2.12. The summed E-state index contributed by atoms with van der Waals surface area (Å²) < 4.78 is 6.43. The summed E-state index contributed by atoms with van der Waals surface area (Å²) in [5.41, 5.74) is 3.50. The van der Waals surface area contributed by atoms with Gasteiger partial charge in [0.25, 0.3) is 5.91 Å². The van der Waals surface area contributed by atoms with Crippen LogP contribution >= 0.6 is 0 Å². The van der Waals surface area contributed by atoms with Gasteiger partial charge in [0.05, 0.1) is 5.52 Å². The van der Waals surface area contributed by atoms with E-state index < -0.39 is 5.76 Å². The molecule has 0 aliphatic heterocycles. The standard InChI is InChI=1S/C17H16N2O3/c1-3-11-4-7-13(8-5-11)18-16(20)12-6-9-15-14(10-12)19(2)17(21)22-15/h4-10H,3H2,1-2H3,(H,18,20). The van der Waals surface area contributed by atoms with Gasteiger partial charge in [0, 0.05) is 18.3 Å². The molecule has 1 N–H and O–H groups in total. The molecule has 5 nitrogen and oxygen atoms in total. The zero-order chi connectivity index (χ0) is 15.7. The fraction of sp³-hybridized carbons (Fsp3) is 0.176. The van der Waals surface area contributed by atoms with Gasteiger partial charge in [0.2, 0.25) is 0 Å². The lowest BCUT2D eigenvalue weighted by atomic mass is 10.1. The first-order valence-corrected chi connectivity index (χ1v) is 7.08. The van der Waals surface area contributed by atoms with Crippen LogP contribution in [0.2, 0.25) is 0 Å². The first-order chi connectivity index (χ1) is 10.6. The number of aromatic nitrogens is 1. The van der Waals surface area contributed by atoms with Crippen molar-refractivity contribution in [2.45, 2.75) is 13.3 Å². The molecule has 0 aliphatic carbocycles. The maximum Gasteiger partial charge on any atom is 0.419 e. The lowest BCUT2D eigenvalue weighted by Gasteiger charge is -2.06. The van der Waals surface area contributed by atoms with E-state index in [0.717, 1.165) is 12.1 Å². The van der Waals surface area contributed by atoms with Gasteiger partial charge in [0.1, 0.15) is 0 Å². The van der Waals surface area contributed by atoms with Crippen molar-refractivity contribution < 1.29 is 9.21 Å². The molecule has 0 unspecified atom stereocenters. The highest BCUT2D eigenvalue weighted by atomic mass is 16.4. The minimum atomic E-state index is -0.442. The maximum atomic E-state index is 12.3. The number of anilines is 1. The number of fused-ring (bicyclic) bond motifs is 1. The molecule has 0 saturated heterocycles. The summed E-state index contributed by atoms with van der Waals surface area (Å²) in [6.45, 7) is 2.08. The maximum absolute atomic E-state index is 12.3. The van der Waals surface area contributed by atoms with Crippen LogP contribution in [-0.2, 0) is 13.5 Å². The molecule has 0 bridgehead atoms. The van der Waals surface area contributed by atoms with Gasteiger partial charge in [-0.25, -0.2) is 4.79 Å². The number of rotatable bonds is 3. The molecule has 0 aliphatic rings. The van der Waals surface area contributed by atoms with Crippen LogP contribution < -0.4 is 11.1 Å². The Hall–Kier alpha value is -2.82. The van der Waals surface area contributed by atoms with Gasteiger partial charge < -0.3 is 9.73 Å². The predicted molar refractivity (Wildman–Crippen MR) is 85.2 cm³/mol. The average molecular weight is 296 g/mol. The first kappa shape index (κ1) is 14.1. The Morgan fingerprint density at radius 2 is 1.91 bits per heavy atom. The Morgan fingerprint density at radius 3 is 2.59 bits per heavy atom. The number of hydrogen-bond donors (Lipinski definition) is 1. The van der Waals surface area contributed by atoms with Crippen molar-refractivity contribution in [3.8, 4) is 0 Å². The molecule has 0 fully saturated rings. The van der Waals surface area contributed by atoms with Crippen molar-refractivity contribution in [3.63, 3.8) is 0 Å². The number of nitrogens with zero attached hydrogens (tertiary/aromatic N) is 1. The highest BCUT2D eigenvalue weighted by Crippen LogP contribution is 2.16. The molecule has 5 heteroatoms. The molecule has 22 heavy (non-hydrogen) atoms. The molecule has 0 radical (unpaired) electrons. The van der Waals surface area contributed by atoms with Gasteiger partial charge in [-0.15, -0.1) is 0 Å². The summed E-state index contributed by atoms with van der Waals surface area (Å²) in [7, 11) is 1.61. The number of carbonyl (C=O) groups excluding carboxylic acids is 1. The van der Waals surface area contributed by atoms with Crippen molar-refractivity contribution in [1.82, 2.24) is 4.57 Å². The Bertz CT molecular complexity index is 888. The zero-order valence-corrected chi connectivity index (χ0v) is 12.4. The fourth-order valence-corrected chi connectivity index (χ4v) is 2.29. The van der Waals surface area contributed by atoms with Crippen molar-refractivity contribution in [2.75, 3.05) is 5.32 Å². The average Bonchev–Trinajstić information content (AvgIpc) is 2.82. The number of hydrogen-bond acceptors (Lipinski definition) is 3.